The normalized spacial score (nSPS) is 26.8. The molecule has 0 N–H and O–H groups in total. The van der Waals surface area contributed by atoms with E-state index in [1.807, 2.05) is 6.92 Å². The van der Waals surface area contributed by atoms with E-state index in [4.69, 9.17) is 23.2 Å². The fourth-order valence-electron chi connectivity index (χ4n) is 2.90. The monoisotopic (exact) mass is 406 g/mol. The van der Waals surface area contributed by atoms with Crippen molar-refractivity contribution in [1.29, 1.82) is 0 Å². The molecule has 2 heterocycles. The minimum absolute atomic E-state index is 0.0223. The first kappa shape index (κ1) is 18.0. The molecule has 1 aromatic rings. The van der Waals surface area contributed by atoms with Gasteiger partial charge in [-0.05, 0) is 18.6 Å². The molecule has 0 aromatic heterocycles. The molecule has 2 atom stereocenters. The van der Waals surface area contributed by atoms with E-state index in [9.17, 15) is 13.2 Å². The number of benzene rings is 1. The van der Waals surface area contributed by atoms with E-state index in [-0.39, 0.29) is 28.7 Å². The van der Waals surface area contributed by atoms with Gasteiger partial charge in [0, 0.05) is 11.7 Å². The molecule has 5 nitrogen and oxygen atoms in total. The van der Waals surface area contributed by atoms with Crippen LogP contribution >= 0.6 is 35.0 Å². The Morgan fingerprint density at radius 1 is 1.38 bits per heavy atom. The molecule has 0 radical (unpaired) electrons. The Morgan fingerprint density at radius 2 is 2.12 bits per heavy atom. The van der Waals surface area contributed by atoms with Crippen molar-refractivity contribution in [3.63, 3.8) is 0 Å². The number of anilines is 1. The van der Waals surface area contributed by atoms with Crippen molar-refractivity contribution in [3.05, 3.63) is 28.2 Å². The third-order valence-corrected chi connectivity index (χ3v) is 7.96. The number of thioether (sulfide) groups is 1. The number of carbonyl (C=O) groups is 1. The summed E-state index contributed by atoms with van der Waals surface area (Å²) in [6.45, 7) is 1.91. The van der Waals surface area contributed by atoms with Gasteiger partial charge in [-0.15, -0.1) is 0 Å². The molecule has 0 unspecified atom stereocenters. The van der Waals surface area contributed by atoms with Crippen molar-refractivity contribution in [1.82, 2.24) is 0 Å². The van der Waals surface area contributed by atoms with Crippen LogP contribution in [0.15, 0.2) is 23.2 Å². The minimum atomic E-state index is -3.11. The van der Waals surface area contributed by atoms with E-state index in [0.29, 0.717) is 33.7 Å². The molecule has 130 valence electrons. The van der Waals surface area contributed by atoms with Gasteiger partial charge in [0.25, 0.3) is 0 Å². The second kappa shape index (κ2) is 6.86. The topological polar surface area (TPSA) is 66.8 Å². The molecule has 0 aliphatic carbocycles. The van der Waals surface area contributed by atoms with Crippen LogP contribution in [0.3, 0.4) is 0 Å². The molecule has 1 aromatic carbocycles. The SMILES string of the molecule is CCCC(=O)N=C1S[C@H]2CS(=O)(=O)C[C@H]2N1c1cccc(Cl)c1Cl. The lowest BCUT2D eigenvalue weighted by Crippen LogP contribution is -2.38. The molecule has 2 fully saturated rings. The quantitative estimate of drug-likeness (QED) is 0.769. The lowest BCUT2D eigenvalue weighted by atomic mass is 10.2. The van der Waals surface area contributed by atoms with Gasteiger partial charge in [0.1, 0.15) is 0 Å². The molecule has 2 aliphatic rings. The van der Waals surface area contributed by atoms with Crippen LogP contribution in [0.4, 0.5) is 5.69 Å². The second-order valence-electron chi connectivity index (χ2n) is 5.78. The highest BCUT2D eigenvalue weighted by molar-refractivity contribution is 8.16. The standard InChI is InChI=1S/C15H16Cl2N2O3S2/c1-2-4-13(20)18-15-19(10-6-3-5-9(16)14(10)17)11-7-24(21,22)8-12(11)23-15/h3,5-6,11-12H,2,4,7-8H2,1H3/t11-,12+/m1/s1. The number of halogens is 2. The van der Waals surface area contributed by atoms with E-state index in [1.54, 1.807) is 23.1 Å². The number of fused-ring (bicyclic) bond motifs is 1. The lowest BCUT2D eigenvalue weighted by Gasteiger charge is -2.25. The van der Waals surface area contributed by atoms with Gasteiger partial charge in [0.2, 0.25) is 5.91 Å². The zero-order valence-corrected chi connectivity index (χ0v) is 16.1. The van der Waals surface area contributed by atoms with E-state index in [2.05, 4.69) is 4.99 Å². The van der Waals surface area contributed by atoms with Gasteiger partial charge in [0.15, 0.2) is 15.0 Å². The summed E-state index contributed by atoms with van der Waals surface area (Å²) in [7, 11) is -3.11. The molecule has 3 rings (SSSR count). The second-order valence-corrected chi connectivity index (χ2v) is 9.93. The van der Waals surface area contributed by atoms with Crippen molar-refractivity contribution in [2.45, 2.75) is 31.1 Å². The van der Waals surface area contributed by atoms with Gasteiger partial charge in [-0.3, -0.25) is 4.79 Å². The number of amidine groups is 1. The Hall–Kier alpha value is -0.760. The Labute approximate surface area is 155 Å². The van der Waals surface area contributed by atoms with Crippen LogP contribution in [-0.4, -0.2) is 42.3 Å². The molecule has 1 amide bonds. The zero-order valence-electron chi connectivity index (χ0n) is 12.9. The number of hydrogen-bond acceptors (Lipinski definition) is 4. The Balaban J connectivity index is 2.05. The van der Waals surface area contributed by atoms with Crippen LogP contribution in [0.2, 0.25) is 10.0 Å². The smallest absolute Gasteiger partial charge is 0.248 e. The molecular formula is C15H16Cl2N2O3S2. The number of rotatable bonds is 3. The number of amides is 1. The summed E-state index contributed by atoms with van der Waals surface area (Å²) in [4.78, 5) is 17.9. The first-order valence-electron chi connectivity index (χ1n) is 7.54. The minimum Gasteiger partial charge on any atom is -0.314 e. The molecule has 0 bridgehead atoms. The summed E-state index contributed by atoms with van der Waals surface area (Å²) in [5.41, 5.74) is 0.587. The van der Waals surface area contributed by atoms with E-state index in [0.717, 1.165) is 0 Å². The van der Waals surface area contributed by atoms with Gasteiger partial charge in [-0.2, -0.15) is 4.99 Å². The molecule has 2 aliphatic heterocycles. The maximum atomic E-state index is 12.0. The predicted octanol–water partition coefficient (Wildman–Crippen LogP) is 3.39. The maximum Gasteiger partial charge on any atom is 0.248 e. The van der Waals surface area contributed by atoms with Crippen molar-refractivity contribution in [2.24, 2.45) is 4.99 Å². The van der Waals surface area contributed by atoms with E-state index < -0.39 is 9.84 Å². The van der Waals surface area contributed by atoms with Gasteiger partial charge < -0.3 is 4.90 Å². The number of hydrogen-bond donors (Lipinski definition) is 0. The number of nitrogens with zero attached hydrogens (tertiary/aromatic N) is 2. The summed E-state index contributed by atoms with van der Waals surface area (Å²) in [6, 6.07) is 4.89. The van der Waals surface area contributed by atoms with E-state index >= 15 is 0 Å². The van der Waals surface area contributed by atoms with Crippen LogP contribution in [0.25, 0.3) is 0 Å². The molecular weight excluding hydrogens is 391 g/mol. The number of aliphatic imine (C=N–C) groups is 1. The predicted molar refractivity (Wildman–Crippen MR) is 100 cm³/mol. The lowest BCUT2D eigenvalue weighted by molar-refractivity contribution is -0.117. The first-order valence-corrected chi connectivity index (χ1v) is 11.0. The van der Waals surface area contributed by atoms with E-state index in [1.165, 1.54) is 11.8 Å². The van der Waals surface area contributed by atoms with Gasteiger partial charge in [-0.25, -0.2) is 8.42 Å². The third-order valence-electron chi connectivity index (χ3n) is 3.94. The van der Waals surface area contributed by atoms with Crippen LogP contribution in [0.1, 0.15) is 19.8 Å². The van der Waals surface area contributed by atoms with Crippen LogP contribution in [-0.2, 0) is 14.6 Å². The Morgan fingerprint density at radius 3 is 2.83 bits per heavy atom. The highest BCUT2D eigenvalue weighted by atomic mass is 35.5. The number of sulfone groups is 1. The Kier molecular flexibility index (Phi) is 5.16. The summed E-state index contributed by atoms with van der Waals surface area (Å²) >= 11 is 13.8. The van der Waals surface area contributed by atoms with Crippen molar-refractivity contribution >= 4 is 61.6 Å². The summed E-state index contributed by atoms with van der Waals surface area (Å²) in [5, 5.41) is 1.06. The average molecular weight is 407 g/mol. The third kappa shape index (κ3) is 3.45. The van der Waals surface area contributed by atoms with Gasteiger partial charge in [0.05, 0.1) is 33.3 Å². The Bertz CT molecular complexity index is 811. The van der Waals surface area contributed by atoms with Crippen LogP contribution in [0.5, 0.6) is 0 Å². The van der Waals surface area contributed by atoms with Crippen molar-refractivity contribution < 1.29 is 13.2 Å². The molecule has 2 saturated heterocycles. The summed E-state index contributed by atoms with van der Waals surface area (Å²) in [6.07, 6.45) is 1.06. The first-order chi connectivity index (χ1) is 11.3. The average Bonchev–Trinajstić information content (AvgIpc) is 2.94. The zero-order chi connectivity index (χ0) is 17.5. The van der Waals surface area contributed by atoms with Crippen molar-refractivity contribution in [3.8, 4) is 0 Å². The van der Waals surface area contributed by atoms with Crippen molar-refractivity contribution in [2.75, 3.05) is 16.4 Å². The maximum absolute atomic E-state index is 12.0. The largest absolute Gasteiger partial charge is 0.314 e. The highest BCUT2D eigenvalue weighted by Crippen LogP contribution is 2.44. The molecule has 0 saturated carbocycles. The van der Waals surface area contributed by atoms with Gasteiger partial charge >= 0.3 is 0 Å². The number of carbonyl (C=O) groups excluding carboxylic acids is 1. The fraction of sp³-hybridized carbons (Fsp3) is 0.467. The highest BCUT2D eigenvalue weighted by Gasteiger charge is 2.49. The summed E-state index contributed by atoms with van der Waals surface area (Å²) in [5.74, 6) is -0.113. The molecule has 0 spiro atoms. The fourth-order valence-corrected chi connectivity index (χ4v) is 7.21. The van der Waals surface area contributed by atoms with Crippen LogP contribution < -0.4 is 4.90 Å². The molecule has 9 heteroatoms. The molecule has 24 heavy (non-hydrogen) atoms. The van der Waals surface area contributed by atoms with Gasteiger partial charge in [-0.1, -0.05) is 48.0 Å². The summed E-state index contributed by atoms with van der Waals surface area (Å²) < 4.78 is 24.0. The van der Waals surface area contributed by atoms with Crippen LogP contribution in [0, 0.1) is 0 Å².